The summed E-state index contributed by atoms with van der Waals surface area (Å²) in [5, 5.41) is 3.42. The van der Waals surface area contributed by atoms with Crippen LogP contribution in [-0.4, -0.2) is 44.2 Å². The zero-order chi connectivity index (χ0) is 15.9. The van der Waals surface area contributed by atoms with E-state index in [4.69, 9.17) is 0 Å². The molecule has 0 unspecified atom stereocenters. The monoisotopic (exact) mass is 303 g/mol. The molecule has 0 saturated carbocycles. The minimum absolute atomic E-state index is 0.690. The SMILES string of the molecule is CC(C)CN(CC(C)C)c1cccc(CN2CCNCC2)c1. The lowest BCUT2D eigenvalue weighted by atomic mass is 10.1. The van der Waals surface area contributed by atoms with Crippen LogP contribution in [0.2, 0.25) is 0 Å². The molecule has 0 spiro atoms. The van der Waals surface area contributed by atoms with Gasteiger partial charge >= 0.3 is 0 Å². The Labute approximate surface area is 136 Å². The predicted molar refractivity (Wildman–Crippen MR) is 96.5 cm³/mol. The van der Waals surface area contributed by atoms with Gasteiger partial charge < -0.3 is 10.2 Å². The van der Waals surface area contributed by atoms with Gasteiger partial charge in [0.1, 0.15) is 0 Å². The minimum atomic E-state index is 0.690. The van der Waals surface area contributed by atoms with E-state index in [1.165, 1.54) is 11.3 Å². The summed E-state index contributed by atoms with van der Waals surface area (Å²) in [6.07, 6.45) is 0. The third kappa shape index (κ3) is 5.62. The first-order valence-electron chi connectivity index (χ1n) is 8.81. The maximum Gasteiger partial charge on any atom is 0.0369 e. The van der Waals surface area contributed by atoms with Gasteiger partial charge in [-0.3, -0.25) is 4.90 Å². The van der Waals surface area contributed by atoms with Crippen LogP contribution in [-0.2, 0) is 6.54 Å². The van der Waals surface area contributed by atoms with Crippen LogP contribution in [0.25, 0.3) is 0 Å². The van der Waals surface area contributed by atoms with Crippen molar-refractivity contribution < 1.29 is 0 Å². The summed E-state index contributed by atoms with van der Waals surface area (Å²) in [5.41, 5.74) is 2.83. The molecule has 1 aliphatic rings. The first-order valence-corrected chi connectivity index (χ1v) is 8.81. The van der Waals surface area contributed by atoms with Crippen LogP contribution in [0, 0.1) is 11.8 Å². The van der Waals surface area contributed by atoms with Crippen LogP contribution in [0.3, 0.4) is 0 Å². The lowest BCUT2D eigenvalue weighted by Crippen LogP contribution is -2.42. The summed E-state index contributed by atoms with van der Waals surface area (Å²) in [6, 6.07) is 9.16. The first kappa shape index (κ1) is 17.3. The Bertz CT molecular complexity index is 426. The molecule has 1 fully saturated rings. The molecule has 3 heteroatoms. The number of hydrogen-bond acceptors (Lipinski definition) is 3. The topological polar surface area (TPSA) is 18.5 Å². The standard InChI is InChI=1S/C19H33N3/c1-16(2)13-22(14-17(3)4)19-7-5-6-18(12-19)15-21-10-8-20-9-11-21/h5-7,12,16-17,20H,8-11,13-15H2,1-4H3. The van der Waals surface area contributed by atoms with Gasteiger partial charge in [0.2, 0.25) is 0 Å². The van der Waals surface area contributed by atoms with Crippen molar-refractivity contribution >= 4 is 5.69 Å². The molecule has 22 heavy (non-hydrogen) atoms. The van der Waals surface area contributed by atoms with E-state index in [0.29, 0.717) is 11.8 Å². The highest BCUT2D eigenvalue weighted by molar-refractivity contribution is 5.48. The highest BCUT2D eigenvalue weighted by Crippen LogP contribution is 2.20. The molecule has 0 aromatic heterocycles. The molecule has 0 atom stereocenters. The fourth-order valence-corrected chi connectivity index (χ4v) is 3.15. The number of nitrogens with zero attached hydrogens (tertiary/aromatic N) is 2. The van der Waals surface area contributed by atoms with Gasteiger partial charge in [0, 0.05) is 51.5 Å². The lowest BCUT2D eigenvalue weighted by Gasteiger charge is -2.30. The van der Waals surface area contributed by atoms with Crippen LogP contribution in [0.5, 0.6) is 0 Å². The van der Waals surface area contributed by atoms with E-state index in [1.807, 2.05) is 0 Å². The Morgan fingerprint density at radius 1 is 1.05 bits per heavy atom. The summed E-state index contributed by atoms with van der Waals surface area (Å²) in [5.74, 6) is 1.38. The molecule has 1 aliphatic heterocycles. The van der Waals surface area contributed by atoms with Crippen LogP contribution in [0.15, 0.2) is 24.3 Å². The van der Waals surface area contributed by atoms with Crippen LogP contribution in [0.4, 0.5) is 5.69 Å². The summed E-state index contributed by atoms with van der Waals surface area (Å²) in [6.45, 7) is 17.1. The van der Waals surface area contributed by atoms with Gasteiger partial charge in [0.15, 0.2) is 0 Å². The molecule has 124 valence electrons. The number of anilines is 1. The molecular weight excluding hydrogens is 270 g/mol. The Balaban J connectivity index is 2.06. The normalized spacial score (nSPS) is 16.5. The smallest absolute Gasteiger partial charge is 0.0369 e. The van der Waals surface area contributed by atoms with E-state index < -0.39 is 0 Å². The first-order chi connectivity index (χ1) is 10.5. The Morgan fingerprint density at radius 3 is 2.27 bits per heavy atom. The van der Waals surface area contributed by atoms with E-state index in [9.17, 15) is 0 Å². The number of rotatable bonds is 7. The molecule has 1 aromatic rings. The van der Waals surface area contributed by atoms with Crippen molar-refractivity contribution in [3.8, 4) is 0 Å². The number of benzene rings is 1. The average Bonchev–Trinajstić information content (AvgIpc) is 2.47. The van der Waals surface area contributed by atoms with Crippen molar-refractivity contribution in [1.82, 2.24) is 10.2 Å². The van der Waals surface area contributed by atoms with Gasteiger partial charge in [-0.05, 0) is 29.5 Å². The van der Waals surface area contributed by atoms with E-state index >= 15 is 0 Å². The van der Waals surface area contributed by atoms with E-state index in [2.05, 4.69) is 67.1 Å². The molecule has 0 amide bonds. The highest BCUT2D eigenvalue weighted by atomic mass is 15.2. The average molecular weight is 303 g/mol. The second kappa shape index (κ2) is 8.54. The Morgan fingerprint density at radius 2 is 1.68 bits per heavy atom. The number of nitrogens with one attached hydrogen (secondary N) is 1. The van der Waals surface area contributed by atoms with E-state index in [0.717, 1.165) is 45.8 Å². The zero-order valence-electron chi connectivity index (χ0n) is 14.8. The summed E-state index contributed by atoms with van der Waals surface area (Å²) in [4.78, 5) is 5.10. The zero-order valence-corrected chi connectivity index (χ0v) is 14.8. The molecule has 0 aliphatic carbocycles. The van der Waals surface area contributed by atoms with Gasteiger partial charge in [0.25, 0.3) is 0 Å². The molecule has 1 saturated heterocycles. The number of hydrogen-bond donors (Lipinski definition) is 1. The number of piperazine rings is 1. The molecule has 1 N–H and O–H groups in total. The van der Waals surface area contributed by atoms with Crippen LogP contribution >= 0.6 is 0 Å². The molecule has 2 rings (SSSR count). The third-order valence-corrected chi connectivity index (χ3v) is 4.06. The molecule has 1 heterocycles. The second-order valence-corrected chi connectivity index (χ2v) is 7.39. The van der Waals surface area contributed by atoms with Crippen molar-refractivity contribution in [2.45, 2.75) is 34.2 Å². The van der Waals surface area contributed by atoms with Crippen molar-refractivity contribution in [3.05, 3.63) is 29.8 Å². The van der Waals surface area contributed by atoms with Crippen molar-refractivity contribution in [1.29, 1.82) is 0 Å². The van der Waals surface area contributed by atoms with E-state index in [1.54, 1.807) is 0 Å². The lowest BCUT2D eigenvalue weighted by molar-refractivity contribution is 0.233. The van der Waals surface area contributed by atoms with Crippen LogP contribution < -0.4 is 10.2 Å². The molecule has 0 bridgehead atoms. The predicted octanol–water partition coefficient (Wildman–Crippen LogP) is 3.21. The molecule has 0 radical (unpaired) electrons. The van der Waals surface area contributed by atoms with E-state index in [-0.39, 0.29) is 0 Å². The van der Waals surface area contributed by atoms with Crippen molar-refractivity contribution in [2.75, 3.05) is 44.2 Å². The highest BCUT2D eigenvalue weighted by Gasteiger charge is 2.13. The Hall–Kier alpha value is -1.06. The quantitative estimate of drug-likeness (QED) is 0.834. The second-order valence-electron chi connectivity index (χ2n) is 7.39. The molecule has 3 nitrogen and oxygen atoms in total. The van der Waals surface area contributed by atoms with Gasteiger partial charge in [-0.2, -0.15) is 0 Å². The Kier molecular flexibility index (Phi) is 6.71. The summed E-state index contributed by atoms with van der Waals surface area (Å²) >= 11 is 0. The third-order valence-electron chi connectivity index (χ3n) is 4.06. The van der Waals surface area contributed by atoms with Gasteiger partial charge in [-0.1, -0.05) is 39.8 Å². The van der Waals surface area contributed by atoms with Crippen molar-refractivity contribution in [2.24, 2.45) is 11.8 Å². The summed E-state index contributed by atoms with van der Waals surface area (Å²) < 4.78 is 0. The molecular formula is C19H33N3. The largest absolute Gasteiger partial charge is 0.371 e. The maximum absolute atomic E-state index is 3.42. The van der Waals surface area contributed by atoms with Gasteiger partial charge in [-0.25, -0.2) is 0 Å². The van der Waals surface area contributed by atoms with Gasteiger partial charge in [-0.15, -0.1) is 0 Å². The van der Waals surface area contributed by atoms with Crippen LogP contribution in [0.1, 0.15) is 33.3 Å². The maximum atomic E-state index is 3.42. The minimum Gasteiger partial charge on any atom is -0.371 e. The fraction of sp³-hybridized carbons (Fsp3) is 0.684. The van der Waals surface area contributed by atoms with Crippen molar-refractivity contribution in [3.63, 3.8) is 0 Å². The fourth-order valence-electron chi connectivity index (χ4n) is 3.15. The molecule has 1 aromatic carbocycles. The summed E-state index contributed by atoms with van der Waals surface area (Å²) in [7, 11) is 0. The van der Waals surface area contributed by atoms with Gasteiger partial charge in [0.05, 0.1) is 0 Å².